The summed E-state index contributed by atoms with van der Waals surface area (Å²) >= 11 is 6.79. The van der Waals surface area contributed by atoms with Crippen LogP contribution in [-0.4, -0.2) is 14.8 Å². The van der Waals surface area contributed by atoms with Gasteiger partial charge in [-0.3, -0.25) is 9.69 Å². The number of nitrogens with zero attached hydrogens (tertiary/aromatic N) is 2. The molecule has 0 saturated carbocycles. The first-order chi connectivity index (χ1) is 13.0. The number of rotatable bonds is 3. The van der Waals surface area contributed by atoms with Gasteiger partial charge in [0.05, 0.1) is 10.6 Å². The lowest BCUT2D eigenvalue weighted by Gasteiger charge is -2.14. The summed E-state index contributed by atoms with van der Waals surface area (Å²) in [5.41, 5.74) is 5.33. The number of thiocarbonyl (C=S) groups is 1. The van der Waals surface area contributed by atoms with Crippen molar-refractivity contribution in [1.82, 2.24) is 4.57 Å². The molecule has 0 atom stereocenters. The molecule has 0 spiro atoms. The van der Waals surface area contributed by atoms with E-state index >= 15 is 0 Å². The Kier molecular flexibility index (Phi) is 4.72. The highest BCUT2D eigenvalue weighted by Gasteiger charge is 2.33. The lowest BCUT2D eigenvalue weighted by atomic mass is 10.1. The molecule has 1 fully saturated rings. The van der Waals surface area contributed by atoms with Crippen molar-refractivity contribution in [2.45, 2.75) is 13.8 Å². The molecule has 134 valence electrons. The molecule has 27 heavy (non-hydrogen) atoms. The van der Waals surface area contributed by atoms with E-state index in [1.807, 2.05) is 54.7 Å². The zero-order chi connectivity index (χ0) is 19.0. The normalized spacial score (nSPS) is 15.8. The number of benzene rings is 2. The SMILES string of the molecule is Cc1ccc(-n2cccc2/C=C2/SC(=S)N(c3ccccc3)C2=O)cc1C. The van der Waals surface area contributed by atoms with Crippen LogP contribution in [0.3, 0.4) is 0 Å². The van der Waals surface area contributed by atoms with Crippen LogP contribution in [0.2, 0.25) is 0 Å². The summed E-state index contributed by atoms with van der Waals surface area (Å²) in [6, 6.07) is 19.9. The van der Waals surface area contributed by atoms with Gasteiger partial charge in [-0.2, -0.15) is 0 Å². The molecule has 0 unspecified atom stereocenters. The highest BCUT2D eigenvalue weighted by Crippen LogP contribution is 2.36. The summed E-state index contributed by atoms with van der Waals surface area (Å²) in [6.45, 7) is 4.21. The first-order valence-corrected chi connectivity index (χ1v) is 9.85. The number of anilines is 1. The van der Waals surface area contributed by atoms with E-state index in [-0.39, 0.29) is 5.91 Å². The van der Waals surface area contributed by atoms with Crippen molar-refractivity contribution >= 4 is 46.0 Å². The number of amides is 1. The van der Waals surface area contributed by atoms with Crippen LogP contribution in [-0.2, 0) is 4.79 Å². The molecular weight excluding hydrogens is 372 g/mol. The summed E-state index contributed by atoms with van der Waals surface area (Å²) in [5, 5.41) is 0. The molecule has 0 bridgehead atoms. The standard InChI is InChI=1S/C22H18N2OS2/c1-15-10-11-19(13-16(15)2)23-12-6-9-18(23)14-20-21(25)24(22(26)27-20)17-7-4-3-5-8-17/h3-14H,1-2H3/b20-14+. The molecule has 3 aromatic rings. The molecule has 1 aliphatic heterocycles. The topological polar surface area (TPSA) is 25.2 Å². The van der Waals surface area contributed by atoms with Gasteiger partial charge in [0.25, 0.3) is 5.91 Å². The third kappa shape index (κ3) is 3.36. The highest BCUT2D eigenvalue weighted by molar-refractivity contribution is 8.27. The average Bonchev–Trinajstić information content (AvgIpc) is 3.23. The van der Waals surface area contributed by atoms with E-state index in [9.17, 15) is 4.79 Å². The molecule has 0 radical (unpaired) electrons. The van der Waals surface area contributed by atoms with Gasteiger partial charge in [0.15, 0.2) is 4.32 Å². The number of carbonyl (C=O) groups is 1. The Labute approximate surface area is 168 Å². The molecule has 2 heterocycles. The minimum Gasteiger partial charge on any atom is -0.317 e. The zero-order valence-electron chi connectivity index (χ0n) is 15.0. The fraction of sp³-hybridized carbons (Fsp3) is 0.0909. The quantitative estimate of drug-likeness (QED) is 0.436. The lowest BCUT2D eigenvalue weighted by molar-refractivity contribution is -0.113. The first-order valence-electron chi connectivity index (χ1n) is 8.62. The van der Waals surface area contributed by atoms with E-state index in [2.05, 4.69) is 36.6 Å². The van der Waals surface area contributed by atoms with Crippen LogP contribution >= 0.6 is 24.0 Å². The van der Waals surface area contributed by atoms with Crippen LogP contribution in [0, 0.1) is 13.8 Å². The van der Waals surface area contributed by atoms with E-state index in [4.69, 9.17) is 12.2 Å². The number of aromatic nitrogens is 1. The minimum absolute atomic E-state index is 0.0796. The van der Waals surface area contributed by atoms with Crippen molar-refractivity contribution in [3.63, 3.8) is 0 Å². The zero-order valence-corrected chi connectivity index (χ0v) is 16.7. The number of hydrogen-bond donors (Lipinski definition) is 0. The summed E-state index contributed by atoms with van der Waals surface area (Å²) in [4.78, 5) is 15.2. The Morgan fingerprint density at radius 3 is 2.44 bits per heavy atom. The van der Waals surface area contributed by atoms with Crippen LogP contribution in [0.15, 0.2) is 71.8 Å². The van der Waals surface area contributed by atoms with Crippen molar-refractivity contribution in [3.8, 4) is 5.69 Å². The molecule has 1 amide bonds. The van der Waals surface area contributed by atoms with Crippen LogP contribution in [0.4, 0.5) is 5.69 Å². The molecule has 1 aliphatic rings. The van der Waals surface area contributed by atoms with E-state index in [0.717, 1.165) is 17.1 Å². The second-order valence-electron chi connectivity index (χ2n) is 6.42. The van der Waals surface area contributed by atoms with Crippen molar-refractivity contribution in [3.05, 3.63) is 88.6 Å². The molecule has 1 saturated heterocycles. The monoisotopic (exact) mass is 390 g/mol. The number of para-hydroxylation sites is 1. The van der Waals surface area contributed by atoms with Crippen molar-refractivity contribution < 1.29 is 4.79 Å². The van der Waals surface area contributed by atoms with Gasteiger partial charge in [-0.05, 0) is 67.4 Å². The highest BCUT2D eigenvalue weighted by atomic mass is 32.2. The Morgan fingerprint density at radius 2 is 1.70 bits per heavy atom. The van der Waals surface area contributed by atoms with Crippen LogP contribution in [0.25, 0.3) is 11.8 Å². The number of aryl methyl sites for hydroxylation is 2. The first kappa shape index (κ1) is 17.8. The van der Waals surface area contributed by atoms with Gasteiger partial charge in [0.1, 0.15) is 0 Å². The van der Waals surface area contributed by atoms with E-state index < -0.39 is 0 Å². The Morgan fingerprint density at radius 1 is 0.926 bits per heavy atom. The Hall–Kier alpha value is -2.63. The third-order valence-electron chi connectivity index (χ3n) is 4.64. The van der Waals surface area contributed by atoms with Crippen LogP contribution in [0.1, 0.15) is 16.8 Å². The van der Waals surface area contributed by atoms with E-state index in [0.29, 0.717) is 9.23 Å². The smallest absolute Gasteiger partial charge is 0.270 e. The van der Waals surface area contributed by atoms with Crippen LogP contribution < -0.4 is 4.90 Å². The largest absolute Gasteiger partial charge is 0.317 e. The van der Waals surface area contributed by atoms with Crippen LogP contribution in [0.5, 0.6) is 0 Å². The third-order valence-corrected chi connectivity index (χ3v) is 5.94. The van der Waals surface area contributed by atoms with Gasteiger partial charge >= 0.3 is 0 Å². The molecule has 0 N–H and O–H groups in total. The van der Waals surface area contributed by atoms with Gasteiger partial charge in [-0.1, -0.05) is 48.2 Å². The summed E-state index contributed by atoms with van der Waals surface area (Å²) in [7, 11) is 0. The van der Waals surface area contributed by atoms with Crippen molar-refractivity contribution in [2.24, 2.45) is 0 Å². The summed E-state index contributed by atoms with van der Waals surface area (Å²) < 4.78 is 2.64. The lowest BCUT2D eigenvalue weighted by Crippen LogP contribution is -2.27. The van der Waals surface area contributed by atoms with Gasteiger partial charge < -0.3 is 4.57 Å². The van der Waals surface area contributed by atoms with Crippen molar-refractivity contribution in [1.29, 1.82) is 0 Å². The molecule has 3 nitrogen and oxygen atoms in total. The summed E-state index contributed by atoms with van der Waals surface area (Å²) in [5.74, 6) is -0.0796. The number of carbonyl (C=O) groups excluding carboxylic acids is 1. The molecular formula is C22H18N2OS2. The molecule has 5 heteroatoms. The molecule has 1 aromatic heterocycles. The Bertz CT molecular complexity index is 1070. The Balaban J connectivity index is 1.69. The van der Waals surface area contributed by atoms with Crippen molar-refractivity contribution in [2.75, 3.05) is 4.90 Å². The molecule has 4 rings (SSSR count). The fourth-order valence-electron chi connectivity index (χ4n) is 3.02. The fourth-order valence-corrected chi connectivity index (χ4v) is 4.31. The molecule has 0 aliphatic carbocycles. The van der Waals surface area contributed by atoms with Gasteiger partial charge in [-0.25, -0.2) is 0 Å². The minimum atomic E-state index is -0.0796. The summed E-state index contributed by atoms with van der Waals surface area (Å²) in [6.07, 6.45) is 3.92. The van der Waals surface area contributed by atoms with Gasteiger partial charge in [0, 0.05) is 17.6 Å². The van der Waals surface area contributed by atoms with Gasteiger partial charge in [0.2, 0.25) is 0 Å². The average molecular weight is 391 g/mol. The number of thioether (sulfide) groups is 1. The van der Waals surface area contributed by atoms with Gasteiger partial charge in [-0.15, -0.1) is 0 Å². The molecule has 2 aromatic carbocycles. The maximum Gasteiger partial charge on any atom is 0.270 e. The second kappa shape index (κ2) is 7.18. The predicted octanol–water partition coefficient (Wildman–Crippen LogP) is 5.50. The van der Waals surface area contributed by atoms with E-state index in [1.165, 1.54) is 22.9 Å². The maximum atomic E-state index is 12.9. The van der Waals surface area contributed by atoms with E-state index in [1.54, 1.807) is 4.90 Å². The second-order valence-corrected chi connectivity index (χ2v) is 8.10. The predicted molar refractivity (Wildman–Crippen MR) is 117 cm³/mol. The maximum absolute atomic E-state index is 12.9. The number of hydrogen-bond acceptors (Lipinski definition) is 3.